The number of carbonyl (C=O) groups is 1. The van der Waals surface area contributed by atoms with Crippen LogP contribution in [0.1, 0.15) is 27.2 Å². The number of hydrogen-bond acceptors (Lipinski definition) is 4. The third kappa shape index (κ3) is 3.85. The minimum absolute atomic E-state index is 0.304. The molecule has 7 heteroatoms. The summed E-state index contributed by atoms with van der Waals surface area (Å²) in [5.41, 5.74) is -0.541. The summed E-state index contributed by atoms with van der Waals surface area (Å²) in [4.78, 5) is 13.9. The van der Waals surface area contributed by atoms with Crippen molar-refractivity contribution in [3.05, 3.63) is 23.1 Å². The van der Waals surface area contributed by atoms with E-state index < -0.39 is 15.6 Å². The zero-order chi connectivity index (χ0) is 15.7. The summed E-state index contributed by atoms with van der Waals surface area (Å²) in [6.45, 7) is 6.75. The molecule has 6 nitrogen and oxygen atoms in total. The molecule has 0 spiro atoms. The highest BCUT2D eigenvalue weighted by atomic mass is 32.2. The van der Waals surface area contributed by atoms with Gasteiger partial charge >= 0.3 is 6.09 Å². The maximum Gasteiger partial charge on any atom is 0.410 e. The van der Waals surface area contributed by atoms with Gasteiger partial charge in [-0.25, -0.2) is 13.2 Å². The average Bonchev–Trinajstić information content (AvgIpc) is 2.91. The number of piperazine rings is 1. The molecule has 0 bridgehead atoms. The Balaban J connectivity index is 1.93. The molecule has 1 amide bonds. The Labute approximate surface area is 126 Å². The zero-order valence-corrected chi connectivity index (χ0v) is 13.5. The maximum atomic E-state index is 12.4. The number of rotatable bonds is 2. The van der Waals surface area contributed by atoms with E-state index in [1.165, 1.54) is 4.31 Å². The number of carbonyl (C=O) groups excluding carboxylic acids is 1. The van der Waals surface area contributed by atoms with Gasteiger partial charge in [0.25, 0.3) is 0 Å². The molecule has 0 unspecified atom stereocenters. The molecule has 0 N–H and O–H groups in total. The molecule has 1 heterocycles. The van der Waals surface area contributed by atoms with Crippen LogP contribution in [0.25, 0.3) is 0 Å². The van der Waals surface area contributed by atoms with E-state index in [4.69, 9.17) is 4.74 Å². The van der Waals surface area contributed by atoms with Crippen molar-refractivity contribution >= 4 is 16.1 Å². The highest BCUT2D eigenvalue weighted by molar-refractivity contribution is 7.93. The lowest BCUT2D eigenvalue weighted by molar-refractivity contribution is 0.0193. The Morgan fingerprint density at radius 2 is 1.81 bits per heavy atom. The zero-order valence-electron chi connectivity index (χ0n) is 12.7. The van der Waals surface area contributed by atoms with Gasteiger partial charge in [0.1, 0.15) is 5.60 Å². The monoisotopic (exact) mass is 314 g/mol. The normalized spacial score (nSPS) is 20.5. The Kier molecular flexibility index (Phi) is 4.43. The summed E-state index contributed by atoms with van der Waals surface area (Å²) in [6, 6.07) is 0. The summed E-state index contributed by atoms with van der Waals surface area (Å²) in [5.74, 6) is 0. The molecular weight excluding hydrogens is 292 g/mol. The molecule has 0 radical (unpaired) electrons. The highest BCUT2D eigenvalue weighted by Gasteiger charge is 2.32. The van der Waals surface area contributed by atoms with E-state index in [-0.39, 0.29) is 6.09 Å². The maximum absolute atomic E-state index is 12.4. The van der Waals surface area contributed by atoms with E-state index in [2.05, 4.69) is 0 Å². The largest absolute Gasteiger partial charge is 0.444 e. The van der Waals surface area contributed by atoms with E-state index in [0.717, 1.165) is 0 Å². The number of amides is 1. The van der Waals surface area contributed by atoms with Crippen LogP contribution in [0.15, 0.2) is 23.1 Å². The van der Waals surface area contributed by atoms with Gasteiger partial charge in [-0.3, -0.25) is 0 Å². The predicted octanol–water partition coefficient (Wildman–Crippen LogP) is 1.71. The Morgan fingerprint density at radius 3 is 2.29 bits per heavy atom. The molecule has 2 rings (SSSR count). The summed E-state index contributed by atoms with van der Waals surface area (Å²) in [5, 5.41) is 0. The lowest BCUT2D eigenvalue weighted by Gasteiger charge is -2.35. The fraction of sp³-hybridized carbons (Fsp3) is 0.643. The molecule has 0 saturated carbocycles. The topological polar surface area (TPSA) is 66.9 Å². The van der Waals surface area contributed by atoms with Gasteiger partial charge in [-0.2, -0.15) is 4.31 Å². The van der Waals surface area contributed by atoms with Gasteiger partial charge < -0.3 is 9.64 Å². The second-order valence-corrected chi connectivity index (χ2v) is 8.13. The van der Waals surface area contributed by atoms with Crippen molar-refractivity contribution < 1.29 is 17.9 Å². The van der Waals surface area contributed by atoms with E-state index in [1.54, 1.807) is 17.1 Å². The van der Waals surface area contributed by atoms with Crippen LogP contribution >= 0.6 is 0 Å². The first-order valence-corrected chi connectivity index (χ1v) is 8.48. The third-order valence-corrected chi connectivity index (χ3v) is 5.31. The molecule has 0 atom stereocenters. The standard InChI is InChI=1S/C14H22N2O4S/c1-14(2,3)20-13(17)15-8-10-16(11-9-15)21(18,19)12-6-4-5-7-12/h4-6H,7-11H2,1-3H3. The van der Waals surface area contributed by atoms with Crippen molar-refractivity contribution in [2.45, 2.75) is 32.8 Å². The van der Waals surface area contributed by atoms with Crippen LogP contribution in [-0.2, 0) is 14.8 Å². The van der Waals surface area contributed by atoms with Crippen molar-refractivity contribution in [1.29, 1.82) is 0 Å². The van der Waals surface area contributed by atoms with Crippen LogP contribution in [-0.4, -0.2) is 55.5 Å². The second-order valence-electron chi connectivity index (χ2n) is 6.14. The van der Waals surface area contributed by atoms with Crippen LogP contribution in [0.5, 0.6) is 0 Å². The van der Waals surface area contributed by atoms with Gasteiger partial charge in [-0.15, -0.1) is 0 Å². The average molecular weight is 314 g/mol. The number of ether oxygens (including phenoxy) is 1. The molecule has 2 aliphatic rings. The minimum Gasteiger partial charge on any atom is -0.444 e. The fourth-order valence-corrected chi connectivity index (χ4v) is 3.76. The highest BCUT2D eigenvalue weighted by Crippen LogP contribution is 2.23. The minimum atomic E-state index is -3.39. The van der Waals surface area contributed by atoms with Gasteiger partial charge in [0.05, 0.1) is 4.91 Å². The van der Waals surface area contributed by atoms with Gasteiger partial charge in [-0.05, 0) is 26.8 Å². The molecule has 0 aromatic carbocycles. The van der Waals surface area contributed by atoms with E-state index >= 15 is 0 Å². The first kappa shape index (κ1) is 16.0. The molecule has 1 saturated heterocycles. The molecule has 1 fully saturated rings. The molecule has 0 aromatic heterocycles. The summed E-state index contributed by atoms with van der Waals surface area (Å²) in [6.07, 6.45) is 5.28. The summed E-state index contributed by atoms with van der Waals surface area (Å²) >= 11 is 0. The molecule has 21 heavy (non-hydrogen) atoms. The summed E-state index contributed by atoms with van der Waals surface area (Å²) < 4.78 is 31.5. The van der Waals surface area contributed by atoms with Crippen molar-refractivity contribution in [2.75, 3.05) is 26.2 Å². The van der Waals surface area contributed by atoms with Crippen LogP contribution in [0.2, 0.25) is 0 Å². The molecule has 0 aromatic rings. The molecular formula is C14H22N2O4S. The number of allylic oxidation sites excluding steroid dienone is 4. The van der Waals surface area contributed by atoms with Crippen molar-refractivity contribution in [1.82, 2.24) is 9.21 Å². The first-order chi connectivity index (χ1) is 9.70. The van der Waals surface area contributed by atoms with E-state index in [1.807, 2.05) is 26.8 Å². The predicted molar refractivity (Wildman–Crippen MR) is 80.1 cm³/mol. The Morgan fingerprint density at radius 1 is 1.19 bits per heavy atom. The number of nitrogens with zero attached hydrogens (tertiary/aromatic N) is 2. The van der Waals surface area contributed by atoms with Crippen molar-refractivity contribution in [2.24, 2.45) is 0 Å². The van der Waals surface area contributed by atoms with Gasteiger partial charge in [0.2, 0.25) is 10.0 Å². The lowest BCUT2D eigenvalue weighted by atomic mass is 10.2. The summed E-state index contributed by atoms with van der Waals surface area (Å²) in [7, 11) is -3.39. The lowest BCUT2D eigenvalue weighted by Crippen LogP contribution is -2.51. The van der Waals surface area contributed by atoms with Crippen LogP contribution < -0.4 is 0 Å². The van der Waals surface area contributed by atoms with Gasteiger partial charge in [0, 0.05) is 32.6 Å². The van der Waals surface area contributed by atoms with E-state index in [9.17, 15) is 13.2 Å². The SMILES string of the molecule is CC(C)(C)OC(=O)N1CCN(S(=O)(=O)C2=CC=CC2)CC1. The molecule has 1 aliphatic carbocycles. The van der Waals surface area contributed by atoms with Crippen molar-refractivity contribution in [3.8, 4) is 0 Å². The van der Waals surface area contributed by atoms with Crippen LogP contribution in [0, 0.1) is 0 Å². The van der Waals surface area contributed by atoms with E-state index in [0.29, 0.717) is 37.5 Å². The smallest absolute Gasteiger partial charge is 0.410 e. The molecule has 1 aliphatic heterocycles. The number of sulfonamides is 1. The quantitative estimate of drug-likeness (QED) is 0.778. The van der Waals surface area contributed by atoms with Gasteiger partial charge in [-0.1, -0.05) is 12.2 Å². The fourth-order valence-electron chi connectivity index (χ4n) is 2.22. The van der Waals surface area contributed by atoms with Crippen LogP contribution in [0.3, 0.4) is 0 Å². The van der Waals surface area contributed by atoms with Crippen LogP contribution in [0.4, 0.5) is 4.79 Å². The number of hydrogen-bond donors (Lipinski definition) is 0. The second kappa shape index (κ2) is 5.81. The third-order valence-electron chi connectivity index (χ3n) is 3.30. The Hall–Kier alpha value is -1.34. The Bertz CT molecular complexity index is 564. The van der Waals surface area contributed by atoms with Crippen molar-refractivity contribution in [3.63, 3.8) is 0 Å². The van der Waals surface area contributed by atoms with Gasteiger partial charge in [0.15, 0.2) is 0 Å². The first-order valence-electron chi connectivity index (χ1n) is 7.04. The molecule has 118 valence electrons.